The van der Waals surface area contributed by atoms with Gasteiger partial charge in [-0.25, -0.2) is 0 Å². The molecule has 1 amide bonds. The standard InChI is InChI=1S/C12H20N2O2/c1-16-12(6-5-7-12)10-11(15)14-9-4-2-3-8-13/h2-7,9-10H2,1H3,(H,14,15). The van der Waals surface area contributed by atoms with Gasteiger partial charge in [-0.15, -0.1) is 0 Å². The lowest BCUT2D eigenvalue weighted by atomic mass is 9.77. The molecule has 1 aliphatic carbocycles. The van der Waals surface area contributed by atoms with Gasteiger partial charge in [-0.05, 0) is 32.1 Å². The molecule has 0 aromatic carbocycles. The lowest BCUT2D eigenvalue weighted by Crippen LogP contribution is -2.44. The van der Waals surface area contributed by atoms with Crippen LogP contribution in [0.4, 0.5) is 0 Å². The zero-order valence-corrected chi connectivity index (χ0v) is 9.92. The van der Waals surface area contributed by atoms with Crippen molar-refractivity contribution in [3.05, 3.63) is 0 Å². The quantitative estimate of drug-likeness (QED) is 0.670. The summed E-state index contributed by atoms with van der Waals surface area (Å²) in [5.41, 5.74) is -0.184. The highest BCUT2D eigenvalue weighted by atomic mass is 16.5. The molecular formula is C12H20N2O2. The summed E-state index contributed by atoms with van der Waals surface area (Å²) in [5, 5.41) is 11.2. The van der Waals surface area contributed by atoms with Crippen LogP contribution in [0.2, 0.25) is 0 Å². The number of hydrogen-bond acceptors (Lipinski definition) is 3. The molecule has 1 fully saturated rings. The molecule has 0 aliphatic heterocycles. The Hall–Kier alpha value is -1.08. The molecule has 4 heteroatoms. The molecule has 0 bridgehead atoms. The lowest BCUT2D eigenvalue weighted by Gasteiger charge is -2.39. The second kappa shape index (κ2) is 6.49. The van der Waals surface area contributed by atoms with Gasteiger partial charge in [0.1, 0.15) is 0 Å². The van der Waals surface area contributed by atoms with E-state index in [2.05, 4.69) is 11.4 Å². The van der Waals surface area contributed by atoms with Crippen molar-refractivity contribution in [2.24, 2.45) is 0 Å². The SMILES string of the molecule is COC1(CC(=O)NCCCCC#N)CCC1. The minimum atomic E-state index is -0.184. The van der Waals surface area contributed by atoms with Crippen LogP contribution in [0.25, 0.3) is 0 Å². The zero-order chi connectivity index (χ0) is 11.9. The third-order valence-corrected chi connectivity index (χ3v) is 3.22. The number of amides is 1. The summed E-state index contributed by atoms with van der Waals surface area (Å²) in [4.78, 5) is 11.6. The van der Waals surface area contributed by atoms with E-state index in [1.165, 1.54) is 0 Å². The molecular weight excluding hydrogens is 204 g/mol. The summed E-state index contributed by atoms with van der Waals surface area (Å²) in [7, 11) is 1.68. The highest BCUT2D eigenvalue weighted by Gasteiger charge is 2.38. The van der Waals surface area contributed by atoms with Crippen molar-refractivity contribution in [2.45, 2.75) is 50.5 Å². The summed E-state index contributed by atoms with van der Waals surface area (Å²) in [6, 6.07) is 2.09. The van der Waals surface area contributed by atoms with Crippen molar-refractivity contribution in [3.8, 4) is 6.07 Å². The van der Waals surface area contributed by atoms with E-state index in [9.17, 15) is 4.79 Å². The predicted molar refractivity (Wildman–Crippen MR) is 60.7 cm³/mol. The molecule has 0 saturated heterocycles. The highest BCUT2D eigenvalue weighted by Crippen LogP contribution is 2.37. The van der Waals surface area contributed by atoms with Crippen LogP contribution in [0, 0.1) is 11.3 Å². The summed E-state index contributed by atoms with van der Waals surface area (Å²) in [6.45, 7) is 0.667. The number of ether oxygens (including phenoxy) is 1. The molecule has 0 heterocycles. The molecule has 1 saturated carbocycles. The minimum Gasteiger partial charge on any atom is -0.378 e. The van der Waals surface area contributed by atoms with Crippen molar-refractivity contribution in [1.29, 1.82) is 5.26 Å². The maximum Gasteiger partial charge on any atom is 0.222 e. The van der Waals surface area contributed by atoms with Crippen LogP contribution in [-0.2, 0) is 9.53 Å². The first-order valence-corrected chi connectivity index (χ1v) is 5.91. The van der Waals surface area contributed by atoms with Crippen LogP contribution < -0.4 is 5.32 Å². The third kappa shape index (κ3) is 3.82. The molecule has 0 aromatic heterocycles. The van der Waals surface area contributed by atoms with Gasteiger partial charge in [-0.1, -0.05) is 0 Å². The summed E-state index contributed by atoms with van der Waals surface area (Å²) in [6.07, 6.45) is 5.91. The Morgan fingerprint density at radius 3 is 2.75 bits per heavy atom. The molecule has 1 rings (SSSR count). The van der Waals surface area contributed by atoms with Gasteiger partial charge in [0.05, 0.1) is 18.1 Å². The Morgan fingerprint density at radius 1 is 1.50 bits per heavy atom. The van der Waals surface area contributed by atoms with Gasteiger partial charge in [0.15, 0.2) is 0 Å². The number of nitriles is 1. The molecule has 16 heavy (non-hydrogen) atoms. The molecule has 1 aliphatic rings. The van der Waals surface area contributed by atoms with E-state index >= 15 is 0 Å². The molecule has 4 nitrogen and oxygen atoms in total. The smallest absolute Gasteiger partial charge is 0.222 e. The topological polar surface area (TPSA) is 62.1 Å². The van der Waals surface area contributed by atoms with Crippen LogP contribution in [-0.4, -0.2) is 25.2 Å². The van der Waals surface area contributed by atoms with Crippen molar-refractivity contribution in [2.75, 3.05) is 13.7 Å². The van der Waals surface area contributed by atoms with Gasteiger partial charge >= 0.3 is 0 Å². The second-order valence-electron chi connectivity index (χ2n) is 4.38. The maximum atomic E-state index is 11.6. The summed E-state index contributed by atoms with van der Waals surface area (Å²) >= 11 is 0. The largest absolute Gasteiger partial charge is 0.378 e. The van der Waals surface area contributed by atoms with Crippen molar-refractivity contribution >= 4 is 5.91 Å². The highest BCUT2D eigenvalue weighted by molar-refractivity contribution is 5.77. The molecule has 0 unspecified atom stereocenters. The molecule has 1 N–H and O–H groups in total. The third-order valence-electron chi connectivity index (χ3n) is 3.22. The summed E-state index contributed by atoms with van der Waals surface area (Å²) in [5.74, 6) is 0.0681. The summed E-state index contributed by atoms with van der Waals surface area (Å²) < 4.78 is 5.39. The normalized spacial score (nSPS) is 17.2. The first kappa shape index (κ1) is 13.0. The number of nitrogens with zero attached hydrogens (tertiary/aromatic N) is 1. The van der Waals surface area contributed by atoms with Gasteiger partial charge in [0.2, 0.25) is 5.91 Å². The first-order chi connectivity index (χ1) is 7.72. The van der Waals surface area contributed by atoms with Gasteiger partial charge in [0, 0.05) is 20.1 Å². The minimum absolute atomic E-state index is 0.0681. The van der Waals surface area contributed by atoms with Crippen molar-refractivity contribution in [3.63, 3.8) is 0 Å². The fourth-order valence-corrected chi connectivity index (χ4v) is 1.94. The van der Waals surface area contributed by atoms with Gasteiger partial charge < -0.3 is 10.1 Å². The molecule has 0 aromatic rings. The van der Waals surface area contributed by atoms with E-state index in [-0.39, 0.29) is 11.5 Å². The van der Waals surface area contributed by atoms with Gasteiger partial charge in [-0.2, -0.15) is 5.26 Å². The van der Waals surface area contributed by atoms with Crippen LogP contribution >= 0.6 is 0 Å². The molecule has 0 spiro atoms. The fraction of sp³-hybridized carbons (Fsp3) is 0.833. The Bertz CT molecular complexity index is 261. The van der Waals surface area contributed by atoms with E-state index < -0.39 is 0 Å². The Morgan fingerprint density at radius 2 is 2.25 bits per heavy atom. The van der Waals surface area contributed by atoms with E-state index in [0.29, 0.717) is 19.4 Å². The Balaban J connectivity index is 2.09. The number of unbranched alkanes of at least 4 members (excludes halogenated alkanes) is 2. The van der Waals surface area contributed by atoms with E-state index in [4.69, 9.17) is 10.00 Å². The van der Waals surface area contributed by atoms with Crippen molar-refractivity contribution < 1.29 is 9.53 Å². The number of carbonyl (C=O) groups excluding carboxylic acids is 1. The average Bonchev–Trinajstić information content (AvgIpc) is 2.23. The van der Waals surface area contributed by atoms with Crippen LogP contribution in [0.15, 0.2) is 0 Å². The van der Waals surface area contributed by atoms with Crippen LogP contribution in [0.5, 0.6) is 0 Å². The first-order valence-electron chi connectivity index (χ1n) is 5.91. The molecule has 90 valence electrons. The number of rotatable bonds is 7. The van der Waals surface area contributed by atoms with Gasteiger partial charge in [-0.3, -0.25) is 4.79 Å². The Kier molecular flexibility index (Phi) is 5.27. The fourth-order valence-electron chi connectivity index (χ4n) is 1.94. The number of hydrogen-bond donors (Lipinski definition) is 1. The zero-order valence-electron chi connectivity index (χ0n) is 9.92. The Labute approximate surface area is 97.0 Å². The van der Waals surface area contributed by atoms with E-state index in [1.807, 2.05) is 0 Å². The van der Waals surface area contributed by atoms with Crippen LogP contribution in [0.1, 0.15) is 44.9 Å². The van der Waals surface area contributed by atoms with E-state index in [1.54, 1.807) is 7.11 Å². The number of carbonyl (C=O) groups is 1. The average molecular weight is 224 g/mol. The predicted octanol–water partition coefficient (Wildman–Crippen LogP) is 1.76. The number of nitrogens with one attached hydrogen (secondary N) is 1. The second-order valence-corrected chi connectivity index (χ2v) is 4.38. The van der Waals surface area contributed by atoms with Gasteiger partial charge in [0.25, 0.3) is 0 Å². The van der Waals surface area contributed by atoms with Crippen LogP contribution in [0.3, 0.4) is 0 Å². The number of methoxy groups -OCH3 is 1. The molecule has 0 atom stereocenters. The monoisotopic (exact) mass is 224 g/mol. The molecule has 0 radical (unpaired) electrons. The lowest BCUT2D eigenvalue weighted by molar-refractivity contribution is -0.134. The maximum absolute atomic E-state index is 11.6. The van der Waals surface area contributed by atoms with Crippen molar-refractivity contribution in [1.82, 2.24) is 5.32 Å². The van der Waals surface area contributed by atoms with E-state index in [0.717, 1.165) is 32.1 Å².